The van der Waals surface area contributed by atoms with Crippen LogP contribution >= 0.6 is 35.0 Å². The number of hydrogen-bond acceptors (Lipinski definition) is 2. The summed E-state index contributed by atoms with van der Waals surface area (Å²) in [5.41, 5.74) is 3.47. The molecule has 1 N–H and O–H groups in total. The molecule has 0 fully saturated rings. The fraction of sp³-hybridized carbons (Fsp3) is 0.0952. The van der Waals surface area contributed by atoms with E-state index in [1.54, 1.807) is 23.9 Å². The molecular formula is C21H17Cl2NOS. The van der Waals surface area contributed by atoms with Crippen LogP contribution in [0.5, 0.6) is 0 Å². The Morgan fingerprint density at radius 3 is 2.27 bits per heavy atom. The van der Waals surface area contributed by atoms with Gasteiger partial charge in [0.1, 0.15) is 0 Å². The summed E-state index contributed by atoms with van der Waals surface area (Å²) >= 11 is 13.6. The van der Waals surface area contributed by atoms with Gasteiger partial charge in [0.15, 0.2) is 0 Å². The van der Waals surface area contributed by atoms with Crippen molar-refractivity contribution >= 4 is 46.6 Å². The molecule has 0 heterocycles. The SMILES string of the molecule is Cc1ccc(Cl)cc1NC(=O)c1ccc(CSc2ccc(Cl)cc2)cc1. The average Bonchev–Trinajstić information content (AvgIpc) is 2.64. The van der Waals surface area contributed by atoms with E-state index in [0.29, 0.717) is 10.6 Å². The lowest BCUT2D eigenvalue weighted by molar-refractivity contribution is 0.102. The molecule has 3 aromatic rings. The smallest absolute Gasteiger partial charge is 0.255 e. The minimum atomic E-state index is -0.146. The average molecular weight is 402 g/mol. The Balaban J connectivity index is 1.62. The van der Waals surface area contributed by atoms with Crippen LogP contribution in [-0.2, 0) is 5.75 Å². The van der Waals surface area contributed by atoms with Crippen molar-refractivity contribution in [2.45, 2.75) is 17.6 Å². The van der Waals surface area contributed by atoms with Gasteiger partial charge in [-0.15, -0.1) is 11.8 Å². The highest BCUT2D eigenvalue weighted by Gasteiger charge is 2.08. The molecule has 5 heteroatoms. The predicted molar refractivity (Wildman–Crippen MR) is 112 cm³/mol. The number of halogens is 2. The maximum absolute atomic E-state index is 12.4. The molecule has 0 aliphatic rings. The largest absolute Gasteiger partial charge is 0.322 e. The second-order valence-electron chi connectivity index (χ2n) is 5.85. The lowest BCUT2D eigenvalue weighted by Gasteiger charge is -2.09. The van der Waals surface area contributed by atoms with E-state index in [4.69, 9.17) is 23.2 Å². The lowest BCUT2D eigenvalue weighted by atomic mass is 10.1. The third-order valence-corrected chi connectivity index (χ3v) is 5.45. The quantitative estimate of drug-likeness (QED) is 0.473. The van der Waals surface area contributed by atoms with Crippen LogP contribution in [0.3, 0.4) is 0 Å². The molecule has 3 rings (SSSR count). The van der Waals surface area contributed by atoms with E-state index in [9.17, 15) is 4.79 Å². The zero-order chi connectivity index (χ0) is 18.5. The molecule has 0 spiro atoms. The van der Waals surface area contributed by atoms with Gasteiger partial charge in [0.05, 0.1) is 0 Å². The van der Waals surface area contributed by atoms with Gasteiger partial charge in [0.2, 0.25) is 0 Å². The van der Waals surface area contributed by atoms with Gasteiger partial charge in [-0.1, -0.05) is 41.4 Å². The van der Waals surface area contributed by atoms with Crippen LogP contribution in [0, 0.1) is 6.92 Å². The Hall–Kier alpha value is -1.94. The monoisotopic (exact) mass is 401 g/mol. The third kappa shape index (κ3) is 5.04. The van der Waals surface area contributed by atoms with Gasteiger partial charge >= 0.3 is 0 Å². The fourth-order valence-electron chi connectivity index (χ4n) is 2.37. The van der Waals surface area contributed by atoms with Crippen molar-refractivity contribution in [3.05, 3.63) is 93.5 Å². The van der Waals surface area contributed by atoms with Crippen molar-refractivity contribution in [2.24, 2.45) is 0 Å². The summed E-state index contributed by atoms with van der Waals surface area (Å²) in [6.45, 7) is 1.93. The summed E-state index contributed by atoms with van der Waals surface area (Å²) in [6.07, 6.45) is 0. The van der Waals surface area contributed by atoms with Crippen LogP contribution in [0.15, 0.2) is 71.6 Å². The summed E-state index contributed by atoms with van der Waals surface area (Å²) in [7, 11) is 0. The lowest BCUT2D eigenvalue weighted by Crippen LogP contribution is -2.12. The van der Waals surface area contributed by atoms with Crippen LogP contribution in [0.2, 0.25) is 10.0 Å². The zero-order valence-electron chi connectivity index (χ0n) is 14.1. The summed E-state index contributed by atoms with van der Waals surface area (Å²) in [5, 5.41) is 4.24. The second kappa shape index (κ2) is 8.63. The van der Waals surface area contributed by atoms with Gasteiger partial charge in [-0.3, -0.25) is 4.79 Å². The van der Waals surface area contributed by atoms with Gasteiger partial charge in [-0.2, -0.15) is 0 Å². The van der Waals surface area contributed by atoms with Crippen molar-refractivity contribution < 1.29 is 4.79 Å². The molecule has 0 saturated heterocycles. The molecule has 1 amide bonds. The number of anilines is 1. The molecule has 0 radical (unpaired) electrons. The first-order valence-corrected chi connectivity index (χ1v) is 9.80. The summed E-state index contributed by atoms with van der Waals surface area (Å²) in [4.78, 5) is 13.6. The van der Waals surface area contributed by atoms with Crippen LogP contribution in [-0.4, -0.2) is 5.91 Å². The fourth-order valence-corrected chi connectivity index (χ4v) is 3.53. The standard InChI is InChI=1S/C21H17Cl2NOS/c1-14-2-7-18(23)12-20(14)24-21(25)16-5-3-15(4-6-16)13-26-19-10-8-17(22)9-11-19/h2-12H,13H2,1H3,(H,24,25). The maximum Gasteiger partial charge on any atom is 0.255 e. The van der Waals surface area contributed by atoms with Crippen LogP contribution in [0.1, 0.15) is 21.5 Å². The van der Waals surface area contributed by atoms with E-state index in [1.165, 1.54) is 0 Å². The van der Waals surface area contributed by atoms with E-state index in [1.807, 2.05) is 61.5 Å². The topological polar surface area (TPSA) is 29.1 Å². The van der Waals surface area contributed by atoms with E-state index in [2.05, 4.69) is 5.32 Å². The molecule has 0 bridgehead atoms. The van der Waals surface area contributed by atoms with Gasteiger partial charge in [0, 0.05) is 31.9 Å². The van der Waals surface area contributed by atoms with Gasteiger partial charge < -0.3 is 5.32 Å². The molecular weight excluding hydrogens is 385 g/mol. The number of aryl methyl sites for hydroxylation is 1. The number of carbonyl (C=O) groups is 1. The Morgan fingerprint density at radius 1 is 0.923 bits per heavy atom. The summed E-state index contributed by atoms with van der Waals surface area (Å²) in [5.74, 6) is 0.684. The highest BCUT2D eigenvalue weighted by Crippen LogP contribution is 2.25. The second-order valence-corrected chi connectivity index (χ2v) is 7.77. The molecule has 132 valence electrons. The van der Waals surface area contributed by atoms with Crippen molar-refractivity contribution in [1.82, 2.24) is 0 Å². The van der Waals surface area contributed by atoms with E-state index >= 15 is 0 Å². The maximum atomic E-state index is 12.4. The molecule has 26 heavy (non-hydrogen) atoms. The molecule has 3 aromatic carbocycles. The Labute approximate surface area is 167 Å². The highest BCUT2D eigenvalue weighted by molar-refractivity contribution is 7.98. The first-order valence-electron chi connectivity index (χ1n) is 8.06. The summed E-state index contributed by atoms with van der Waals surface area (Å²) < 4.78 is 0. The number of thioether (sulfide) groups is 1. The molecule has 0 aliphatic carbocycles. The van der Waals surface area contributed by atoms with Crippen molar-refractivity contribution in [2.75, 3.05) is 5.32 Å². The summed E-state index contributed by atoms with van der Waals surface area (Å²) in [6, 6.07) is 20.8. The zero-order valence-corrected chi connectivity index (χ0v) is 16.5. The number of carbonyl (C=O) groups excluding carboxylic acids is 1. The Kier molecular flexibility index (Phi) is 6.25. The molecule has 0 saturated carbocycles. The third-order valence-electron chi connectivity index (χ3n) is 3.88. The van der Waals surface area contributed by atoms with Crippen molar-refractivity contribution in [3.63, 3.8) is 0 Å². The molecule has 0 aliphatic heterocycles. The van der Waals surface area contributed by atoms with E-state index < -0.39 is 0 Å². The van der Waals surface area contributed by atoms with Crippen LogP contribution < -0.4 is 5.32 Å². The van der Waals surface area contributed by atoms with Crippen LogP contribution in [0.4, 0.5) is 5.69 Å². The predicted octanol–water partition coefficient (Wildman–Crippen LogP) is 6.85. The number of benzene rings is 3. The number of nitrogens with one attached hydrogen (secondary N) is 1. The first kappa shape index (κ1) is 18.8. The van der Waals surface area contributed by atoms with Gasteiger partial charge in [0.25, 0.3) is 5.91 Å². The minimum absolute atomic E-state index is 0.146. The van der Waals surface area contributed by atoms with Gasteiger partial charge in [-0.05, 0) is 66.6 Å². The number of hydrogen-bond donors (Lipinski definition) is 1. The normalized spacial score (nSPS) is 10.6. The Bertz CT molecular complexity index is 908. The van der Waals surface area contributed by atoms with Crippen molar-refractivity contribution in [3.8, 4) is 0 Å². The van der Waals surface area contributed by atoms with E-state index in [-0.39, 0.29) is 5.91 Å². The Morgan fingerprint density at radius 2 is 1.58 bits per heavy atom. The molecule has 0 aromatic heterocycles. The van der Waals surface area contributed by atoms with E-state index in [0.717, 1.165) is 32.5 Å². The van der Waals surface area contributed by atoms with Gasteiger partial charge in [-0.25, -0.2) is 0 Å². The minimum Gasteiger partial charge on any atom is -0.322 e. The van der Waals surface area contributed by atoms with Crippen molar-refractivity contribution in [1.29, 1.82) is 0 Å². The van der Waals surface area contributed by atoms with Crippen LogP contribution in [0.25, 0.3) is 0 Å². The first-order chi connectivity index (χ1) is 12.5. The number of rotatable bonds is 5. The molecule has 2 nitrogen and oxygen atoms in total. The molecule has 0 atom stereocenters. The number of amides is 1. The highest BCUT2D eigenvalue weighted by atomic mass is 35.5. The molecule has 0 unspecified atom stereocenters.